The third-order valence-electron chi connectivity index (χ3n) is 4.18. The van der Waals surface area contributed by atoms with Gasteiger partial charge in [-0.1, -0.05) is 42.1 Å². The van der Waals surface area contributed by atoms with E-state index in [0.717, 1.165) is 34.5 Å². The number of nitrogens with one attached hydrogen (secondary N) is 2. The van der Waals surface area contributed by atoms with Crippen LogP contribution in [0.15, 0.2) is 93.6 Å². The molecule has 0 amide bonds. The third-order valence-corrected chi connectivity index (χ3v) is 5.20. The summed E-state index contributed by atoms with van der Waals surface area (Å²) in [5.74, 6) is 0.875. The fourth-order valence-corrected chi connectivity index (χ4v) is 3.61. The molecule has 4 nitrogen and oxygen atoms in total. The van der Waals surface area contributed by atoms with Crippen LogP contribution in [0.5, 0.6) is 0 Å². The van der Waals surface area contributed by atoms with E-state index in [1.165, 1.54) is 0 Å². The van der Waals surface area contributed by atoms with Gasteiger partial charge in [0.25, 0.3) is 0 Å². The fraction of sp³-hybridized carbons (Fsp3) is 0.0909. The molecule has 0 spiro atoms. The summed E-state index contributed by atoms with van der Waals surface area (Å²) >= 11 is 1.67. The van der Waals surface area contributed by atoms with E-state index in [9.17, 15) is 4.79 Å². The Bertz CT molecular complexity index is 951. The van der Waals surface area contributed by atoms with E-state index in [1.54, 1.807) is 11.8 Å². The molecule has 0 atom stereocenters. The number of aliphatic imine (C=N–C) groups is 1. The van der Waals surface area contributed by atoms with Crippen LogP contribution < -0.4 is 10.6 Å². The molecule has 2 N–H and O–H groups in total. The topological polar surface area (TPSA) is 53.5 Å². The van der Waals surface area contributed by atoms with Crippen LogP contribution in [0.4, 0.5) is 5.69 Å². The minimum atomic E-state index is 0.0472. The van der Waals surface area contributed by atoms with Crippen LogP contribution in [0.25, 0.3) is 0 Å². The maximum absolute atomic E-state index is 12.5. The first-order valence-electron chi connectivity index (χ1n) is 8.81. The number of hydrogen-bond donors (Lipinski definition) is 2. The summed E-state index contributed by atoms with van der Waals surface area (Å²) < 4.78 is 0. The van der Waals surface area contributed by atoms with E-state index in [0.29, 0.717) is 11.1 Å². The summed E-state index contributed by atoms with van der Waals surface area (Å²) in [6, 6.07) is 25.3. The summed E-state index contributed by atoms with van der Waals surface area (Å²) in [4.78, 5) is 19.0. The smallest absolute Gasteiger partial charge is 0.195 e. The molecular formula is C22H19N3OS. The zero-order valence-electron chi connectivity index (χ0n) is 14.7. The number of rotatable bonds is 5. The molecular weight excluding hydrogens is 354 g/mol. The molecule has 134 valence electrons. The average Bonchev–Trinajstić information content (AvgIpc) is 3.23. The molecule has 0 radical (unpaired) electrons. The number of anilines is 1. The van der Waals surface area contributed by atoms with Crippen LogP contribution >= 0.6 is 11.8 Å². The van der Waals surface area contributed by atoms with Crippen LogP contribution in [-0.4, -0.2) is 24.8 Å². The van der Waals surface area contributed by atoms with Gasteiger partial charge in [-0.25, -0.2) is 0 Å². The lowest BCUT2D eigenvalue weighted by molar-refractivity contribution is 0.103. The molecule has 0 fully saturated rings. The maximum Gasteiger partial charge on any atom is 0.195 e. The molecule has 0 unspecified atom stereocenters. The second-order valence-corrected chi connectivity index (χ2v) is 7.28. The highest BCUT2D eigenvalue weighted by Gasteiger charge is 2.09. The monoisotopic (exact) mass is 373 g/mol. The highest BCUT2D eigenvalue weighted by Crippen LogP contribution is 2.29. The predicted octanol–water partition coefficient (Wildman–Crippen LogP) is 4.44. The molecule has 3 aromatic carbocycles. The Morgan fingerprint density at radius 1 is 0.852 bits per heavy atom. The summed E-state index contributed by atoms with van der Waals surface area (Å²) in [6.07, 6.45) is 0. The van der Waals surface area contributed by atoms with Crippen molar-refractivity contribution in [2.45, 2.75) is 9.79 Å². The second-order valence-electron chi connectivity index (χ2n) is 6.13. The Labute approximate surface area is 162 Å². The number of ketones is 1. The van der Waals surface area contributed by atoms with Gasteiger partial charge in [0.1, 0.15) is 0 Å². The Balaban J connectivity index is 1.40. The fourth-order valence-electron chi connectivity index (χ4n) is 2.79. The van der Waals surface area contributed by atoms with Crippen molar-refractivity contribution in [3.8, 4) is 0 Å². The largest absolute Gasteiger partial charge is 0.354 e. The van der Waals surface area contributed by atoms with Gasteiger partial charge in [0.05, 0.1) is 6.54 Å². The van der Waals surface area contributed by atoms with Gasteiger partial charge in [0, 0.05) is 33.2 Å². The molecule has 5 heteroatoms. The molecule has 27 heavy (non-hydrogen) atoms. The van der Waals surface area contributed by atoms with Gasteiger partial charge in [0.15, 0.2) is 11.7 Å². The SMILES string of the molecule is O=C(c1ccccc1)c1ccc(Sc2ccc(NC3=NCCN3)cc2)cc1. The minimum absolute atomic E-state index is 0.0472. The van der Waals surface area contributed by atoms with Gasteiger partial charge in [0.2, 0.25) is 0 Å². The van der Waals surface area contributed by atoms with Crippen molar-refractivity contribution < 1.29 is 4.79 Å². The normalized spacial score (nSPS) is 13.0. The van der Waals surface area contributed by atoms with Gasteiger partial charge in [-0.05, 0) is 48.5 Å². The Morgan fingerprint density at radius 2 is 1.48 bits per heavy atom. The molecule has 0 aliphatic carbocycles. The van der Waals surface area contributed by atoms with Crippen molar-refractivity contribution in [1.29, 1.82) is 0 Å². The number of carbonyl (C=O) groups excluding carboxylic acids is 1. The van der Waals surface area contributed by atoms with Crippen LogP contribution in [0.2, 0.25) is 0 Å². The number of carbonyl (C=O) groups is 1. The van der Waals surface area contributed by atoms with Crippen LogP contribution in [0.3, 0.4) is 0 Å². The Hall–Kier alpha value is -3.05. The Kier molecular flexibility index (Phi) is 5.21. The molecule has 0 saturated carbocycles. The third kappa shape index (κ3) is 4.38. The predicted molar refractivity (Wildman–Crippen MR) is 111 cm³/mol. The quantitative estimate of drug-likeness (QED) is 0.649. The van der Waals surface area contributed by atoms with Gasteiger partial charge >= 0.3 is 0 Å². The number of nitrogens with zero attached hydrogens (tertiary/aromatic N) is 1. The van der Waals surface area contributed by atoms with Gasteiger partial charge in [-0.15, -0.1) is 0 Å². The van der Waals surface area contributed by atoms with Crippen molar-refractivity contribution in [1.82, 2.24) is 5.32 Å². The minimum Gasteiger partial charge on any atom is -0.354 e. The summed E-state index contributed by atoms with van der Waals surface area (Å²) in [6.45, 7) is 1.71. The second kappa shape index (κ2) is 8.10. The molecule has 3 aromatic rings. The van der Waals surface area contributed by atoms with Crippen LogP contribution in [0.1, 0.15) is 15.9 Å². The van der Waals surface area contributed by atoms with E-state index in [2.05, 4.69) is 27.8 Å². The highest BCUT2D eigenvalue weighted by atomic mass is 32.2. The standard InChI is InChI=1S/C22H19N3OS/c26-21(16-4-2-1-3-5-16)17-6-10-19(11-7-17)27-20-12-8-18(9-13-20)25-22-23-14-15-24-22/h1-13H,14-15H2,(H2,23,24,25). The molecule has 1 aliphatic heterocycles. The molecule has 4 rings (SSSR count). The van der Waals surface area contributed by atoms with Crippen LogP contribution in [0, 0.1) is 0 Å². The van der Waals surface area contributed by atoms with Crippen LogP contribution in [-0.2, 0) is 0 Å². The van der Waals surface area contributed by atoms with Crippen molar-refractivity contribution in [3.05, 3.63) is 90.0 Å². The molecule has 1 aliphatic rings. The Morgan fingerprint density at radius 3 is 2.11 bits per heavy atom. The van der Waals surface area contributed by atoms with Gasteiger partial charge in [-0.2, -0.15) is 0 Å². The average molecular weight is 373 g/mol. The van der Waals surface area contributed by atoms with Gasteiger partial charge in [-0.3, -0.25) is 9.79 Å². The zero-order valence-corrected chi connectivity index (χ0v) is 15.5. The van der Waals surface area contributed by atoms with Gasteiger partial charge < -0.3 is 10.6 Å². The lowest BCUT2D eigenvalue weighted by Gasteiger charge is -2.08. The number of guanidine groups is 1. The molecule has 0 bridgehead atoms. The lowest BCUT2D eigenvalue weighted by Crippen LogP contribution is -2.26. The summed E-state index contributed by atoms with van der Waals surface area (Å²) in [5.41, 5.74) is 2.42. The van der Waals surface area contributed by atoms with Crippen molar-refractivity contribution >= 4 is 29.2 Å². The zero-order chi connectivity index (χ0) is 18.5. The van der Waals surface area contributed by atoms with E-state index in [4.69, 9.17) is 0 Å². The number of hydrogen-bond acceptors (Lipinski definition) is 5. The van der Waals surface area contributed by atoms with E-state index >= 15 is 0 Å². The lowest BCUT2D eigenvalue weighted by atomic mass is 10.0. The molecule has 0 saturated heterocycles. The summed E-state index contributed by atoms with van der Waals surface area (Å²) in [5, 5.41) is 6.45. The first-order valence-corrected chi connectivity index (χ1v) is 9.63. The number of benzene rings is 3. The molecule has 1 heterocycles. The maximum atomic E-state index is 12.5. The van der Waals surface area contributed by atoms with E-state index < -0.39 is 0 Å². The first kappa shape index (κ1) is 17.4. The highest BCUT2D eigenvalue weighted by molar-refractivity contribution is 7.99. The van der Waals surface area contributed by atoms with E-state index in [1.807, 2.05) is 66.7 Å². The van der Waals surface area contributed by atoms with E-state index in [-0.39, 0.29) is 5.78 Å². The van der Waals surface area contributed by atoms with Crippen molar-refractivity contribution in [3.63, 3.8) is 0 Å². The molecule has 0 aromatic heterocycles. The first-order chi connectivity index (χ1) is 13.3. The van der Waals surface area contributed by atoms with Crippen molar-refractivity contribution in [2.24, 2.45) is 4.99 Å². The summed E-state index contributed by atoms with van der Waals surface area (Å²) in [7, 11) is 0. The van der Waals surface area contributed by atoms with Crippen molar-refractivity contribution in [2.75, 3.05) is 18.4 Å².